The fourth-order valence-corrected chi connectivity index (χ4v) is 3.91. The first-order valence-corrected chi connectivity index (χ1v) is 9.89. The lowest BCUT2D eigenvalue weighted by Crippen LogP contribution is -2.44. The molecule has 2 heterocycles. The molecule has 150 valence electrons. The van der Waals surface area contributed by atoms with E-state index in [1.165, 1.54) is 0 Å². The summed E-state index contributed by atoms with van der Waals surface area (Å²) in [5, 5.41) is 6.38. The number of nitrogens with zero attached hydrogens (tertiary/aromatic N) is 1. The molecule has 0 saturated carbocycles. The third-order valence-corrected chi connectivity index (χ3v) is 5.87. The van der Waals surface area contributed by atoms with Crippen molar-refractivity contribution in [3.63, 3.8) is 0 Å². The quantitative estimate of drug-likeness (QED) is 0.757. The van der Waals surface area contributed by atoms with E-state index in [-0.39, 0.29) is 11.9 Å². The van der Waals surface area contributed by atoms with Gasteiger partial charge in [-0.15, -0.1) is 0 Å². The predicted octanol–water partition coefficient (Wildman–Crippen LogP) is 3.69. The number of methoxy groups -OCH3 is 1. The molecule has 8 heteroatoms. The molecular weight excluding hydrogens is 413 g/mol. The van der Waals surface area contributed by atoms with Gasteiger partial charge in [0, 0.05) is 6.54 Å². The summed E-state index contributed by atoms with van der Waals surface area (Å²) in [7, 11) is 1.63. The minimum absolute atomic E-state index is 0.0999. The minimum atomic E-state index is -0.563. The first kappa shape index (κ1) is 19.6. The lowest BCUT2D eigenvalue weighted by atomic mass is 9.96. The maximum atomic E-state index is 13.1. The number of carbonyl (C=O) groups excluding carboxylic acids is 2. The Morgan fingerprint density at radius 1 is 1.10 bits per heavy atom. The lowest BCUT2D eigenvalue weighted by Gasteiger charge is -2.25. The maximum absolute atomic E-state index is 13.1. The topological polar surface area (TPSA) is 70.7 Å². The summed E-state index contributed by atoms with van der Waals surface area (Å²) < 4.78 is 5.17. The summed E-state index contributed by atoms with van der Waals surface area (Å²) in [6.07, 6.45) is 0.703. The van der Waals surface area contributed by atoms with Gasteiger partial charge in [-0.3, -0.25) is 4.79 Å². The van der Waals surface area contributed by atoms with E-state index >= 15 is 0 Å². The van der Waals surface area contributed by atoms with Crippen LogP contribution in [0.3, 0.4) is 0 Å². The van der Waals surface area contributed by atoms with E-state index in [2.05, 4.69) is 10.6 Å². The van der Waals surface area contributed by atoms with E-state index in [0.29, 0.717) is 46.4 Å². The van der Waals surface area contributed by atoms with E-state index in [0.717, 1.165) is 11.3 Å². The number of amides is 3. The molecule has 0 bridgehead atoms. The summed E-state index contributed by atoms with van der Waals surface area (Å²) in [5.41, 5.74) is 2.99. The maximum Gasteiger partial charge on any atom is 0.319 e. The molecule has 1 atom stereocenters. The molecule has 0 unspecified atom stereocenters. The second-order valence-corrected chi connectivity index (χ2v) is 7.74. The molecule has 3 amide bonds. The van der Waals surface area contributed by atoms with Gasteiger partial charge in [-0.05, 0) is 41.8 Å². The van der Waals surface area contributed by atoms with Crippen LogP contribution in [0.4, 0.5) is 4.79 Å². The molecule has 2 N–H and O–H groups in total. The molecule has 2 aliphatic heterocycles. The van der Waals surface area contributed by atoms with Crippen LogP contribution in [-0.2, 0) is 11.2 Å². The number of halogens is 2. The smallest absolute Gasteiger partial charge is 0.319 e. The first-order valence-electron chi connectivity index (χ1n) is 9.14. The lowest BCUT2D eigenvalue weighted by molar-refractivity contribution is -0.125. The Morgan fingerprint density at radius 3 is 2.55 bits per heavy atom. The van der Waals surface area contributed by atoms with E-state index < -0.39 is 6.04 Å². The monoisotopic (exact) mass is 431 g/mol. The zero-order chi connectivity index (χ0) is 20.5. The summed E-state index contributed by atoms with van der Waals surface area (Å²) in [6, 6.07) is 12.0. The van der Waals surface area contributed by atoms with Gasteiger partial charge < -0.3 is 20.3 Å². The zero-order valence-electron chi connectivity index (χ0n) is 15.7. The molecule has 2 aromatic carbocycles. The normalized spacial score (nSPS) is 18.4. The molecule has 2 aliphatic rings. The third kappa shape index (κ3) is 3.91. The SMILES string of the molecule is COc1ccc(CCN2CC3=C(C2=O)[C@@H](c2ccc(Cl)c(Cl)c2)NC(=O)N3)cc1. The van der Waals surface area contributed by atoms with E-state index in [9.17, 15) is 9.59 Å². The predicted molar refractivity (Wildman–Crippen MR) is 111 cm³/mol. The van der Waals surface area contributed by atoms with Crippen molar-refractivity contribution in [1.29, 1.82) is 0 Å². The van der Waals surface area contributed by atoms with Crippen molar-refractivity contribution in [2.75, 3.05) is 20.2 Å². The highest BCUT2D eigenvalue weighted by Gasteiger charge is 2.40. The second kappa shape index (κ2) is 7.97. The van der Waals surface area contributed by atoms with Gasteiger partial charge in [0.2, 0.25) is 0 Å². The number of carbonyl (C=O) groups is 2. The van der Waals surface area contributed by atoms with Crippen molar-refractivity contribution in [2.45, 2.75) is 12.5 Å². The van der Waals surface area contributed by atoms with Crippen molar-refractivity contribution in [3.05, 3.63) is 74.9 Å². The molecule has 29 heavy (non-hydrogen) atoms. The number of rotatable bonds is 5. The Kier molecular flexibility index (Phi) is 5.39. The van der Waals surface area contributed by atoms with Crippen LogP contribution in [0.2, 0.25) is 10.0 Å². The first-order chi connectivity index (χ1) is 14.0. The van der Waals surface area contributed by atoms with Crippen molar-refractivity contribution in [3.8, 4) is 5.75 Å². The Balaban J connectivity index is 1.52. The summed E-state index contributed by atoms with van der Waals surface area (Å²) in [4.78, 5) is 27.0. The van der Waals surface area contributed by atoms with Crippen LogP contribution in [-0.4, -0.2) is 37.0 Å². The highest BCUT2D eigenvalue weighted by atomic mass is 35.5. The average molecular weight is 432 g/mol. The van der Waals surface area contributed by atoms with E-state index in [4.69, 9.17) is 27.9 Å². The Labute approximate surface area is 178 Å². The van der Waals surface area contributed by atoms with Crippen molar-refractivity contribution in [2.24, 2.45) is 0 Å². The summed E-state index contributed by atoms with van der Waals surface area (Å²) >= 11 is 12.1. The van der Waals surface area contributed by atoms with Crippen LogP contribution in [0.25, 0.3) is 0 Å². The van der Waals surface area contributed by atoms with Crippen LogP contribution in [0.1, 0.15) is 17.2 Å². The van der Waals surface area contributed by atoms with Gasteiger partial charge in [0.05, 0.1) is 41.0 Å². The number of ether oxygens (including phenoxy) is 1. The van der Waals surface area contributed by atoms with Gasteiger partial charge in [-0.25, -0.2) is 4.79 Å². The third-order valence-electron chi connectivity index (χ3n) is 5.13. The van der Waals surface area contributed by atoms with Gasteiger partial charge in [0.1, 0.15) is 5.75 Å². The van der Waals surface area contributed by atoms with Crippen LogP contribution in [0, 0.1) is 0 Å². The highest BCUT2D eigenvalue weighted by molar-refractivity contribution is 6.42. The number of nitrogens with one attached hydrogen (secondary N) is 2. The van der Waals surface area contributed by atoms with Crippen molar-refractivity contribution in [1.82, 2.24) is 15.5 Å². The van der Waals surface area contributed by atoms with Gasteiger partial charge in [0.25, 0.3) is 5.91 Å². The van der Waals surface area contributed by atoms with E-state index in [1.54, 1.807) is 30.2 Å². The molecule has 0 saturated heterocycles. The zero-order valence-corrected chi connectivity index (χ0v) is 17.2. The molecule has 0 fully saturated rings. The summed E-state index contributed by atoms with van der Waals surface area (Å²) in [5.74, 6) is 0.693. The Bertz CT molecular complexity index is 1000. The van der Waals surface area contributed by atoms with Gasteiger partial charge in [-0.2, -0.15) is 0 Å². The molecule has 0 aromatic heterocycles. The second-order valence-electron chi connectivity index (χ2n) is 6.92. The van der Waals surface area contributed by atoms with Gasteiger partial charge in [-0.1, -0.05) is 41.4 Å². The summed E-state index contributed by atoms with van der Waals surface area (Å²) in [6.45, 7) is 0.914. The standard InChI is InChI=1S/C21H19Cl2N3O3/c1-29-14-5-2-12(3-6-14)8-9-26-11-17-18(20(26)27)19(25-21(28)24-17)13-4-7-15(22)16(23)10-13/h2-7,10,19H,8-9,11H2,1H3,(H2,24,25,28)/t19-/m1/s1. The highest BCUT2D eigenvalue weighted by Crippen LogP contribution is 2.35. The van der Waals surface area contributed by atoms with Crippen LogP contribution in [0.15, 0.2) is 53.7 Å². The van der Waals surface area contributed by atoms with Crippen LogP contribution >= 0.6 is 23.2 Å². The van der Waals surface area contributed by atoms with Crippen LogP contribution < -0.4 is 15.4 Å². The van der Waals surface area contributed by atoms with Gasteiger partial charge >= 0.3 is 6.03 Å². The van der Waals surface area contributed by atoms with Gasteiger partial charge in [0.15, 0.2) is 0 Å². The number of benzene rings is 2. The fraction of sp³-hybridized carbons (Fsp3) is 0.238. The molecule has 4 rings (SSSR count). The van der Waals surface area contributed by atoms with E-state index in [1.807, 2.05) is 24.3 Å². The Morgan fingerprint density at radius 2 is 1.86 bits per heavy atom. The fourth-order valence-electron chi connectivity index (χ4n) is 3.61. The number of hydrogen-bond acceptors (Lipinski definition) is 3. The van der Waals surface area contributed by atoms with Crippen LogP contribution in [0.5, 0.6) is 5.75 Å². The van der Waals surface area contributed by atoms with Crippen molar-refractivity contribution >= 4 is 35.1 Å². The molecule has 0 radical (unpaired) electrons. The Hall–Kier alpha value is -2.70. The molecule has 0 spiro atoms. The molecule has 2 aromatic rings. The minimum Gasteiger partial charge on any atom is -0.497 e. The molecular formula is C21H19Cl2N3O3. The average Bonchev–Trinajstić information content (AvgIpc) is 3.03. The number of hydrogen-bond donors (Lipinski definition) is 2. The molecule has 0 aliphatic carbocycles. The largest absolute Gasteiger partial charge is 0.497 e. The van der Waals surface area contributed by atoms with Crippen molar-refractivity contribution < 1.29 is 14.3 Å². The number of urea groups is 1. The molecule has 6 nitrogen and oxygen atoms in total.